The molecular formula is C13H17N3O4S. The van der Waals surface area contributed by atoms with Gasteiger partial charge in [-0.2, -0.15) is 4.98 Å². The minimum absolute atomic E-state index is 0.203. The molecule has 0 saturated carbocycles. The van der Waals surface area contributed by atoms with Crippen LogP contribution in [0.5, 0.6) is 5.88 Å². The van der Waals surface area contributed by atoms with Gasteiger partial charge in [-0.25, -0.2) is 4.98 Å². The van der Waals surface area contributed by atoms with Gasteiger partial charge < -0.3 is 24.3 Å². The zero-order chi connectivity index (χ0) is 15.0. The highest BCUT2D eigenvalue weighted by Crippen LogP contribution is 2.34. The molecule has 0 radical (unpaired) electrons. The van der Waals surface area contributed by atoms with Crippen molar-refractivity contribution in [3.05, 3.63) is 12.3 Å². The van der Waals surface area contributed by atoms with E-state index < -0.39 is 12.2 Å². The van der Waals surface area contributed by atoms with E-state index in [1.165, 1.54) is 11.8 Å². The number of methoxy groups -OCH3 is 1. The van der Waals surface area contributed by atoms with Gasteiger partial charge >= 0.3 is 0 Å². The average Bonchev–Trinajstić information content (AvgIpc) is 3.08. The second-order valence-corrected chi connectivity index (χ2v) is 5.57. The summed E-state index contributed by atoms with van der Waals surface area (Å²) >= 11 is 1.43. The van der Waals surface area contributed by atoms with Gasteiger partial charge in [0.1, 0.15) is 12.3 Å². The quantitative estimate of drug-likeness (QED) is 0.637. The Morgan fingerprint density at radius 1 is 1.52 bits per heavy atom. The number of hydrogen-bond donors (Lipinski definition) is 2. The molecule has 114 valence electrons. The van der Waals surface area contributed by atoms with Crippen LogP contribution in [-0.2, 0) is 4.74 Å². The zero-order valence-electron chi connectivity index (χ0n) is 11.8. The lowest BCUT2D eigenvalue weighted by Crippen LogP contribution is -2.24. The van der Waals surface area contributed by atoms with Crippen molar-refractivity contribution in [3.63, 3.8) is 0 Å². The fourth-order valence-electron chi connectivity index (χ4n) is 2.52. The normalized spacial score (nSPS) is 25.6. The fraction of sp³-hybridized carbons (Fsp3) is 0.538. The molecule has 2 aromatic rings. The number of aliphatic hydroxyl groups is 2. The van der Waals surface area contributed by atoms with Gasteiger partial charge in [-0.05, 0) is 12.3 Å². The maximum Gasteiger partial charge on any atom is 0.226 e. The van der Waals surface area contributed by atoms with Crippen LogP contribution in [0.2, 0.25) is 0 Å². The van der Waals surface area contributed by atoms with Gasteiger partial charge in [-0.15, -0.1) is 0 Å². The second-order valence-electron chi connectivity index (χ2n) is 4.79. The number of aromatic nitrogens is 3. The van der Waals surface area contributed by atoms with E-state index in [-0.39, 0.29) is 12.8 Å². The second kappa shape index (κ2) is 5.80. The van der Waals surface area contributed by atoms with Crippen molar-refractivity contribution in [2.45, 2.75) is 30.0 Å². The predicted octanol–water partition coefficient (Wildman–Crippen LogP) is 0.802. The van der Waals surface area contributed by atoms with Crippen LogP contribution < -0.4 is 4.74 Å². The number of thioether (sulfide) groups is 1. The van der Waals surface area contributed by atoms with E-state index in [2.05, 4.69) is 9.97 Å². The molecule has 3 rings (SSSR count). The first-order valence-electron chi connectivity index (χ1n) is 6.59. The number of fused-ring (bicyclic) bond motifs is 1. The highest BCUT2D eigenvalue weighted by Gasteiger charge is 2.35. The van der Waals surface area contributed by atoms with Crippen molar-refractivity contribution in [2.75, 3.05) is 20.0 Å². The van der Waals surface area contributed by atoms with Crippen LogP contribution in [0.3, 0.4) is 0 Å². The van der Waals surface area contributed by atoms with E-state index >= 15 is 0 Å². The first-order valence-corrected chi connectivity index (χ1v) is 7.81. The summed E-state index contributed by atoms with van der Waals surface area (Å²) in [6.07, 6.45) is 2.55. The van der Waals surface area contributed by atoms with Crippen molar-refractivity contribution in [1.82, 2.24) is 14.5 Å². The van der Waals surface area contributed by atoms with Crippen molar-refractivity contribution in [3.8, 4) is 5.88 Å². The molecule has 0 unspecified atom stereocenters. The van der Waals surface area contributed by atoms with E-state index in [9.17, 15) is 10.2 Å². The van der Waals surface area contributed by atoms with Crippen molar-refractivity contribution < 1.29 is 19.7 Å². The summed E-state index contributed by atoms with van der Waals surface area (Å²) in [5.74, 6) is 0.514. The molecule has 0 bridgehead atoms. The van der Waals surface area contributed by atoms with Crippen molar-refractivity contribution >= 4 is 22.8 Å². The molecule has 8 heteroatoms. The lowest BCUT2D eigenvalue weighted by atomic mass is 10.2. The highest BCUT2D eigenvalue weighted by molar-refractivity contribution is 7.98. The molecule has 0 aromatic carbocycles. The summed E-state index contributed by atoms with van der Waals surface area (Å²) in [5, 5.41) is 20.5. The van der Waals surface area contributed by atoms with Gasteiger partial charge in [0, 0.05) is 12.6 Å². The molecule has 7 nitrogen and oxygen atoms in total. The Balaban J connectivity index is 2.04. The van der Waals surface area contributed by atoms with Gasteiger partial charge in [0.05, 0.1) is 25.2 Å². The van der Waals surface area contributed by atoms with Gasteiger partial charge in [-0.3, -0.25) is 0 Å². The molecule has 3 atom stereocenters. The lowest BCUT2D eigenvalue weighted by Gasteiger charge is -2.14. The Hall–Kier alpha value is -1.35. The Labute approximate surface area is 125 Å². The fourth-order valence-corrected chi connectivity index (χ4v) is 2.87. The molecule has 1 fully saturated rings. The molecule has 0 spiro atoms. The van der Waals surface area contributed by atoms with Crippen LogP contribution >= 0.6 is 11.8 Å². The third kappa shape index (κ3) is 2.48. The maximum absolute atomic E-state index is 9.87. The summed E-state index contributed by atoms with van der Waals surface area (Å²) in [5.41, 5.74) is 0.696. The number of rotatable bonds is 4. The molecular weight excluding hydrogens is 294 g/mol. The van der Waals surface area contributed by atoms with E-state index in [0.29, 0.717) is 23.1 Å². The van der Waals surface area contributed by atoms with Crippen molar-refractivity contribution in [2.24, 2.45) is 0 Å². The number of aliphatic hydroxyl groups excluding tert-OH is 2. The standard InChI is InChI=1S/C13H17N3O4S/c1-19-12-7-3-4-16(11(7)14-13(15-12)21-2)10-5-8(18)9(6-17)20-10/h3-4,8-10,17-18H,5-6H2,1-2H3/t8-,9+,10+/m0/s1. The number of hydrogen-bond acceptors (Lipinski definition) is 7. The summed E-state index contributed by atoms with van der Waals surface area (Å²) in [6, 6.07) is 1.86. The van der Waals surface area contributed by atoms with E-state index in [0.717, 1.165) is 5.39 Å². The molecule has 1 saturated heterocycles. The third-order valence-corrected chi connectivity index (χ3v) is 4.13. The smallest absolute Gasteiger partial charge is 0.226 e. The third-order valence-electron chi connectivity index (χ3n) is 3.59. The Morgan fingerprint density at radius 2 is 2.33 bits per heavy atom. The summed E-state index contributed by atoms with van der Waals surface area (Å²) in [7, 11) is 1.57. The summed E-state index contributed by atoms with van der Waals surface area (Å²) in [6.45, 7) is -0.203. The molecule has 2 N–H and O–H groups in total. The Morgan fingerprint density at radius 3 is 2.95 bits per heavy atom. The van der Waals surface area contributed by atoms with Crippen LogP contribution in [0, 0.1) is 0 Å². The minimum atomic E-state index is -0.679. The predicted molar refractivity (Wildman–Crippen MR) is 77.5 cm³/mol. The molecule has 1 aliphatic heterocycles. The number of nitrogens with zero attached hydrogens (tertiary/aromatic N) is 3. The average molecular weight is 311 g/mol. The van der Waals surface area contributed by atoms with Gasteiger partial charge in [-0.1, -0.05) is 11.8 Å². The molecule has 0 amide bonds. The van der Waals surface area contributed by atoms with E-state index in [1.54, 1.807) is 7.11 Å². The van der Waals surface area contributed by atoms with Gasteiger partial charge in [0.25, 0.3) is 0 Å². The van der Waals surface area contributed by atoms with Gasteiger partial charge in [0.2, 0.25) is 5.88 Å². The van der Waals surface area contributed by atoms with Crippen LogP contribution in [0.4, 0.5) is 0 Å². The first kappa shape index (κ1) is 14.6. The van der Waals surface area contributed by atoms with Crippen LogP contribution in [0.25, 0.3) is 11.0 Å². The van der Waals surface area contributed by atoms with E-state index in [1.807, 2.05) is 23.1 Å². The SMILES string of the molecule is COc1nc(SC)nc2c1ccn2[C@H]1C[C@H](O)[C@@H](CO)O1. The van der Waals surface area contributed by atoms with Crippen LogP contribution in [0.1, 0.15) is 12.6 Å². The molecule has 2 aromatic heterocycles. The minimum Gasteiger partial charge on any atom is -0.480 e. The molecule has 3 heterocycles. The largest absolute Gasteiger partial charge is 0.480 e. The molecule has 21 heavy (non-hydrogen) atoms. The number of ether oxygens (including phenoxy) is 2. The first-order chi connectivity index (χ1) is 10.2. The van der Waals surface area contributed by atoms with Crippen LogP contribution in [0.15, 0.2) is 17.4 Å². The summed E-state index contributed by atoms with van der Waals surface area (Å²) < 4.78 is 12.8. The monoisotopic (exact) mass is 311 g/mol. The topological polar surface area (TPSA) is 89.6 Å². The van der Waals surface area contributed by atoms with Crippen molar-refractivity contribution in [1.29, 1.82) is 0 Å². The Kier molecular flexibility index (Phi) is 4.03. The maximum atomic E-state index is 9.87. The highest BCUT2D eigenvalue weighted by atomic mass is 32.2. The summed E-state index contributed by atoms with van der Waals surface area (Å²) in [4.78, 5) is 8.80. The molecule has 1 aliphatic rings. The van der Waals surface area contributed by atoms with Crippen LogP contribution in [-0.4, -0.2) is 56.9 Å². The lowest BCUT2D eigenvalue weighted by molar-refractivity contribution is -0.0430. The van der Waals surface area contributed by atoms with E-state index in [4.69, 9.17) is 9.47 Å². The zero-order valence-corrected chi connectivity index (χ0v) is 12.6. The molecule has 0 aliphatic carbocycles. The van der Waals surface area contributed by atoms with Gasteiger partial charge in [0.15, 0.2) is 10.8 Å². The Bertz CT molecular complexity index is 648.